The SMILES string of the molecule is COC(=O)c1ccc(NC(C)C2CC3CCC2C3)c(N)c1. The monoisotopic (exact) mass is 288 g/mol. The molecule has 2 aliphatic carbocycles. The van der Waals surface area contributed by atoms with Gasteiger partial charge < -0.3 is 15.8 Å². The Morgan fingerprint density at radius 1 is 1.38 bits per heavy atom. The van der Waals surface area contributed by atoms with E-state index >= 15 is 0 Å². The van der Waals surface area contributed by atoms with Gasteiger partial charge in [-0.1, -0.05) is 6.42 Å². The van der Waals surface area contributed by atoms with Crippen LogP contribution in [0.25, 0.3) is 0 Å². The summed E-state index contributed by atoms with van der Waals surface area (Å²) in [5, 5.41) is 3.54. The number of anilines is 2. The highest BCUT2D eigenvalue weighted by Gasteiger charge is 2.41. The molecule has 4 heteroatoms. The van der Waals surface area contributed by atoms with E-state index in [-0.39, 0.29) is 5.97 Å². The minimum Gasteiger partial charge on any atom is -0.465 e. The summed E-state index contributed by atoms with van der Waals surface area (Å²) >= 11 is 0. The highest BCUT2D eigenvalue weighted by molar-refractivity contribution is 5.91. The van der Waals surface area contributed by atoms with Crippen LogP contribution in [0.5, 0.6) is 0 Å². The zero-order valence-corrected chi connectivity index (χ0v) is 12.8. The molecule has 4 atom stereocenters. The maximum Gasteiger partial charge on any atom is 0.337 e. The predicted octanol–water partition coefficient (Wildman–Crippen LogP) is 3.29. The maximum absolute atomic E-state index is 11.5. The molecule has 114 valence electrons. The van der Waals surface area contributed by atoms with Gasteiger partial charge in [-0.25, -0.2) is 4.79 Å². The van der Waals surface area contributed by atoms with Gasteiger partial charge in [0, 0.05) is 6.04 Å². The summed E-state index contributed by atoms with van der Waals surface area (Å²) < 4.78 is 4.71. The number of hydrogen-bond acceptors (Lipinski definition) is 4. The summed E-state index contributed by atoms with van der Waals surface area (Å²) in [6.07, 6.45) is 5.56. The van der Waals surface area contributed by atoms with Gasteiger partial charge in [0.15, 0.2) is 0 Å². The quantitative estimate of drug-likeness (QED) is 0.659. The van der Waals surface area contributed by atoms with Gasteiger partial charge >= 0.3 is 5.97 Å². The Balaban J connectivity index is 1.68. The van der Waals surface area contributed by atoms with Crippen molar-refractivity contribution in [2.24, 2.45) is 17.8 Å². The number of fused-ring (bicyclic) bond motifs is 2. The Labute approximate surface area is 126 Å². The van der Waals surface area contributed by atoms with Crippen LogP contribution in [0.3, 0.4) is 0 Å². The first-order valence-electron chi connectivity index (χ1n) is 7.83. The van der Waals surface area contributed by atoms with Crippen LogP contribution in [0.1, 0.15) is 43.0 Å². The topological polar surface area (TPSA) is 64.3 Å². The number of nitrogen functional groups attached to an aromatic ring is 1. The second-order valence-corrected chi connectivity index (χ2v) is 6.57. The molecule has 1 aromatic carbocycles. The van der Waals surface area contributed by atoms with E-state index in [0.29, 0.717) is 17.3 Å². The number of benzene rings is 1. The van der Waals surface area contributed by atoms with E-state index in [9.17, 15) is 4.79 Å². The van der Waals surface area contributed by atoms with Crippen molar-refractivity contribution >= 4 is 17.3 Å². The Bertz CT molecular complexity index is 544. The number of ether oxygens (including phenoxy) is 1. The van der Waals surface area contributed by atoms with Crippen LogP contribution in [0.2, 0.25) is 0 Å². The molecule has 21 heavy (non-hydrogen) atoms. The molecule has 0 aromatic heterocycles. The zero-order chi connectivity index (χ0) is 15.0. The van der Waals surface area contributed by atoms with Crippen LogP contribution < -0.4 is 11.1 Å². The van der Waals surface area contributed by atoms with E-state index < -0.39 is 0 Å². The Hall–Kier alpha value is -1.71. The molecule has 2 bridgehead atoms. The molecule has 2 fully saturated rings. The third-order valence-corrected chi connectivity index (χ3v) is 5.29. The number of carbonyl (C=O) groups excluding carboxylic acids is 1. The first kappa shape index (κ1) is 14.2. The second-order valence-electron chi connectivity index (χ2n) is 6.57. The van der Waals surface area contributed by atoms with E-state index in [1.807, 2.05) is 6.07 Å². The summed E-state index contributed by atoms with van der Waals surface area (Å²) in [5.41, 5.74) is 8.08. The van der Waals surface area contributed by atoms with Crippen molar-refractivity contribution in [1.29, 1.82) is 0 Å². The molecule has 0 saturated heterocycles. The predicted molar refractivity (Wildman–Crippen MR) is 84.2 cm³/mol. The minimum absolute atomic E-state index is 0.352. The second kappa shape index (κ2) is 5.58. The fourth-order valence-electron chi connectivity index (χ4n) is 4.20. The normalized spacial score (nSPS) is 28.4. The first-order valence-corrected chi connectivity index (χ1v) is 7.83. The van der Waals surface area contributed by atoms with Crippen molar-refractivity contribution in [2.45, 2.75) is 38.6 Å². The zero-order valence-electron chi connectivity index (χ0n) is 12.8. The van der Waals surface area contributed by atoms with Gasteiger partial charge in [0.2, 0.25) is 0 Å². The molecule has 2 saturated carbocycles. The molecule has 0 spiro atoms. The smallest absolute Gasteiger partial charge is 0.337 e. The lowest BCUT2D eigenvalue weighted by atomic mass is 9.84. The summed E-state index contributed by atoms with van der Waals surface area (Å²) in [5.74, 6) is 2.23. The largest absolute Gasteiger partial charge is 0.465 e. The van der Waals surface area contributed by atoms with Crippen LogP contribution in [-0.4, -0.2) is 19.1 Å². The van der Waals surface area contributed by atoms with Crippen LogP contribution in [0.4, 0.5) is 11.4 Å². The average molecular weight is 288 g/mol. The van der Waals surface area contributed by atoms with Crippen LogP contribution >= 0.6 is 0 Å². The Morgan fingerprint density at radius 3 is 2.76 bits per heavy atom. The molecule has 4 unspecified atom stereocenters. The van der Waals surface area contributed by atoms with Gasteiger partial charge in [-0.05, 0) is 62.1 Å². The molecular formula is C17H24N2O2. The fraction of sp³-hybridized carbons (Fsp3) is 0.588. The standard InChI is InChI=1S/C17H24N2O2/c1-10(14-8-11-3-4-12(14)7-11)19-16-6-5-13(9-15(16)18)17(20)21-2/h5-6,9-12,14,19H,3-4,7-8,18H2,1-2H3. The third-order valence-electron chi connectivity index (χ3n) is 5.29. The van der Waals surface area contributed by atoms with Gasteiger partial charge in [-0.15, -0.1) is 0 Å². The van der Waals surface area contributed by atoms with Gasteiger partial charge in [-0.2, -0.15) is 0 Å². The van der Waals surface area contributed by atoms with Crippen molar-refractivity contribution in [1.82, 2.24) is 0 Å². The van der Waals surface area contributed by atoms with E-state index in [4.69, 9.17) is 10.5 Å². The average Bonchev–Trinajstić information content (AvgIpc) is 3.11. The van der Waals surface area contributed by atoms with E-state index in [0.717, 1.165) is 23.4 Å². The molecule has 0 amide bonds. The van der Waals surface area contributed by atoms with Crippen molar-refractivity contribution in [3.8, 4) is 0 Å². The van der Waals surface area contributed by atoms with Gasteiger partial charge in [0.1, 0.15) is 0 Å². The van der Waals surface area contributed by atoms with E-state index in [2.05, 4.69) is 12.2 Å². The highest BCUT2D eigenvalue weighted by atomic mass is 16.5. The lowest BCUT2D eigenvalue weighted by molar-refractivity contribution is 0.0601. The number of esters is 1. The molecular weight excluding hydrogens is 264 g/mol. The van der Waals surface area contributed by atoms with Gasteiger partial charge in [-0.3, -0.25) is 0 Å². The summed E-state index contributed by atoms with van der Waals surface area (Å²) in [6, 6.07) is 5.75. The van der Waals surface area contributed by atoms with Crippen LogP contribution in [0, 0.1) is 17.8 Å². The summed E-state index contributed by atoms with van der Waals surface area (Å²) in [7, 11) is 1.38. The molecule has 3 N–H and O–H groups in total. The van der Waals surface area contributed by atoms with E-state index in [1.54, 1.807) is 12.1 Å². The number of carbonyl (C=O) groups is 1. The van der Waals surface area contributed by atoms with Crippen LogP contribution in [-0.2, 0) is 4.74 Å². The van der Waals surface area contributed by atoms with Crippen molar-refractivity contribution in [3.63, 3.8) is 0 Å². The number of nitrogens with one attached hydrogen (secondary N) is 1. The summed E-state index contributed by atoms with van der Waals surface area (Å²) in [6.45, 7) is 2.25. The first-order chi connectivity index (χ1) is 10.1. The van der Waals surface area contributed by atoms with Gasteiger partial charge in [0.05, 0.1) is 24.0 Å². The maximum atomic E-state index is 11.5. The fourth-order valence-corrected chi connectivity index (χ4v) is 4.20. The molecule has 4 nitrogen and oxygen atoms in total. The minimum atomic E-state index is -0.352. The Morgan fingerprint density at radius 2 is 2.19 bits per heavy atom. The number of hydrogen-bond donors (Lipinski definition) is 2. The summed E-state index contributed by atoms with van der Waals surface area (Å²) in [4.78, 5) is 11.5. The molecule has 2 aliphatic rings. The van der Waals surface area contributed by atoms with Crippen LogP contribution in [0.15, 0.2) is 18.2 Å². The Kier molecular flexibility index (Phi) is 3.79. The lowest BCUT2D eigenvalue weighted by Gasteiger charge is -2.29. The van der Waals surface area contributed by atoms with Gasteiger partial charge in [0.25, 0.3) is 0 Å². The third kappa shape index (κ3) is 2.71. The van der Waals surface area contributed by atoms with Crippen molar-refractivity contribution in [3.05, 3.63) is 23.8 Å². The highest BCUT2D eigenvalue weighted by Crippen LogP contribution is 2.50. The van der Waals surface area contributed by atoms with Crippen molar-refractivity contribution < 1.29 is 9.53 Å². The number of nitrogens with two attached hydrogens (primary N) is 1. The molecule has 0 heterocycles. The number of rotatable bonds is 4. The van der Waals surface area contributed by atoms with Crippen molar-refractivity contribution in [2.75, 3.05) is 18.2 Å². The molecule has 3 rings (SSSR count). The molecule has 1 aromatic rings. The lowest BCUT2D eigenvalue weighted by Crippen LogP contribution is -2.30. The molecule has 0 radical (unpaired) electrons. The molecule has 0 aliphatic heterocycles. The number of methoxy groups -OCH3 is 1. The van der Waals surface area contributed by atoms with E-state index in [1.165, 1.54) is 32.8 Å².